The summed E-state index contributed by atoms with van der Waals surface area (Å²) in [5.74, 6) is 0.785. The van der Waals surface area contributed by atoms with Crippen molar-refractivity contribution in [3.8, 4) is 23.0 Å². The fourth-order valence-electron chi connectivity index (χ4n) is 4.87. The van der Waals surface area contributed by atoms with E-state index in [9.17, 15) is 15.0 Å². The van der Waals surface area contributed by atoms with E-state index in [2.05, 4.69) is 10.5 Å². The molecule has 3 aromatic rings. The van der Waals surface area contributed by atoms with Crippen LogP contribution in [0.1, 0.15) is 47.1 Å². The Morgan fingerprint density at radius 3 is 2.48 bits per heavy atom. The number of aromatic hydroxyl groups is 2. The molecule has 2 unspecified atom stereocenters. The van der Waals surface area contributed by atoms with Gasteiger partial charge >= 0.3 is 0 Å². The molecular weight excluding hydrogens is 424 g/mol. The summed E-state index contributed by atoms with van der Waals surface area (Å²) in [5, 5.41) is 27.3. The van der Waals surface area contributed by atoms with Crippen molar-refractivity contribution in [2.75, 3.05) is 19.5 Å². The van der Waals surface area contributed by atoms with Gasteiger partial charge in [-0.1, -0.05) is 17.3 Å². The van der Waals surface area contributed by atoms with Gasteiger partial charge in [-0.05, 0) is 54.7 Å². The molecule has 0 fully saturated rings. The zero-order valence-electron chi connectivity index (χ0n) is 18.5. The summed E-state index contributed by atoms with van der Waals surface area (Å²) >= 11 is 0. The lowest BCUT2D eigenvalue weighted by Crippen LogP contribution is -2.29. The number of hydrogen-bond donors (Lipinski definition) is 3. The molecule has 8 nitrogen and oxygen atoms in total. The van der Waals surface area contributed by atoms with E-state index in [0.717, 1.165) is 16.8 Å². The number of methoxy groups -OCH3 is 2. The number of ether oxygens (including phenoxy) is 2. The molecule has 0 radical (unpaired) electrons. The number of allylic oxidation sites excluding steroid dienone is 2. The first kappa shape index (κ1) is 20.9. The maximum atomic E-state index is 13.6. The molecular formula is C25H24N2O6. The highest BCUT2D eigenvalue weighted by atomic mass is 16.5. The third-order valence-corrected chi connectivity index (χ3v) is 6.47. The van der Waals surface area contributed by atoms with Crippen molar-refractivity contribution in [2.45, 2.75) is 31.6 Å². The van der Waals surface area contributed by atoms with E-state index in [1.165, 1.54) is 12.1 Å². The molecule has 0 saturated carbocycles. The Morgan fingerprint density at radius 1 is 1.00 bits per heavy atom. The van der Waals surface area contributed by atoms with Gasteiger partial charge in [-0.3, -0.25) is 4.79 Å². The van der Waals surface area contributed by atoms with E-state index in [4.69, 9.17) is 14.0 Å². The van der Waals surface area contributed by atoms with Gasteiger partial charge in [0.2, 0.25) is 5.88 Å². The minimum absolute atomic E-state index is 0.00681. The van der Waals surface area contributed by atoms with Crippen LogP contribution in [-0.2, 0) is 4.79 Å². The first-order chi connectivity index (χ1) is 15.9. The van der Waals surface area contributed by atoms with Gasteiger partial charge in [0.05, 0.1) is 25.5 Å². The Balaban J connectivity index is 1.59. The van der Waals surface area contributed by atoms with Crippen LogP contribution in [0.3, 0.4) is 0 Å². The molecule has 0 bridgehead atoms. The second-order valence-corrected chi connectivity index (χ2v) is 8.35. The molecule has 5 rings (SSSR count). The molecule has 8 heteroatoms. The van der Waals surface area contributed by atoms with Gasteiger partial charge in [-0.2, -0.15) is 0 Å². The number of hydrogen-bond acceptors (Lipinski definition) is 8. The number of carbonyl (C=O) groups is 1. The smallest absolute Gasteiger partial charge is 0.233 e. The minimum atomic E-state index is -0.451. The number of nitrogens with one attached hydrogen (secondary N) is 1. The Hall–Kier alpha value is -3.94. The van der Waals surface area contributed by atoms with Crippen LogP contribution in [0.2, 0.25) is 0 Å². The summed E-state index contributed by atoms with van der Waals surface area (Å²) in [4.78, 5) is 13.6. The number of anilines is 1. The first-order valence-electron chi connectivity index (χ1n) is 10.6. The summed E-state index contributed by atoms with van der Waals surface area (Å²) < 4.78 is 16.3. The molecule has 2 atom stereocenters. The van der Waals surface area contributed by atoms with Crippen molar-refractivity contribution in [3.05, 3.63) is 70.1 Å². The van der Waals surface area contributed by atoms with Crippen LogP contribution in [-0.4, -0.2) is 35.4 Å². The second-order valence-electron chi connectivity index (χ2n) is 8.35. The predicted molar refractivity (Wildman–Crippen MR) is 120 cm³/mol. The normalized spacial score (nSPS) is 19.5. The van der Waals surface area contributed by atoms with Crippen molar-refractivity contribution in [1.29, 1.82) is 0 Å². The number of phenols is 2. The third kappa shape index (κ3) is 3.38. The molecule has 1 aliphatic carbocycles. The molecule has 1 aromatic heterocycles. The Morgan fingerprint density at radius 2 is 1.76 bits per heavy atom. The van der Waals surface area contributed by atoms with Gasteiger partial charge in [0, 0.05) is 23.6 Å². The number of benzene rings is 2. The topological polar surface area (TPSA) is 114 Å². The SMILES string of the molecule is COc1ccc(C2CC(=O)C3=C(C2)Nc2onc(C)c2C3c2ccc(O)c(O)c2)cc1OC. The number of phenolic OH excluding ortho intramolecular Hbond substituents is 2. The quantitative estimate of drug-likeness (QED) is 0.504. The predicted octanol–water partition coefficient (Wildman–Crippen LogP) is 4.37. The average molecular weight is 448 g/mol. The van der Waals surface area contributed by atoms with Crippen LogP contribution in [0.5, 0.6) is 23.0 Å². The van der Waals surface area contributed by atoms with Crippen molar-refractivity contribution in [1.82, 2.24) is 5.16 Å². The second kappa shape index (κ2) is 7.88. The van der Waals surface area contributed by atoms with Crippen LogP contribution in [0.15, 0.2) is 52.2 Å². The van der Waals surface area contributed by atoms with Crippen molar-refractivity contribution >= 4 is 11.7 Å². The zero-order chi connectivity index (χ0) is 23.3. The van der Waals surface area contributed by atoms with Gasteiger partial charge in [0.1, 0.15) is 0 Å². The molecule has 3 N–H and O–H groups in total. The van der Waals surface area contributed by atoms with Gasteiger partial charge in [-0.25, -0.2) is 0 Å². The summed E-state index contributed by atoms with van der Waals surface area (Å²) in [6, 6.07) is 10.3. The van der Waals surface area contributed by atoms with E-state index >= 15 is 0 Å². The van der Waals surface area contributed by atoms with Gasteiger partial charge in [0.25, 0.3) is 0 Å². The van der Waals surface area contributed by atoms with Crippen LogP contribution in [0, 0.1) is 6.92 Å². The third-order valence-electron chi connectivity index (χ3n) is 6.47. The highest BCUT2D eigenvalue weighted by Gasteiger charge is 2.41. The standard InChI is InChI=1S/C25H24N2O6/c1-12-22-23(14-4-6-17(28)18(29)9-14)24-16(26-25(22)33-27-12)8-15(10-19(24)30)13-5-7-20(31-2)21(11-13)32-3/h4-7,9,11,15,23,26,28-29H,8,10H2,1-3H3. The van der Waals surface area contributed by atoms with Crippen LogP contribution in [0.4, 0.5) is 5.88 Å². The monoisotopic (exact) mass is 448 g/mol. The van der Waals surface area contributed by atoms with Crippen LogP contribution >= 0.6 is 0 Å². The van der Waals surface area contributed by atoms with E-state index in [1.807, 2.05) is 25.1 Å². The highest BCUT2D eigenvalue weighted by Crippen LogP contribution is 2.50. The largest absolute Gasteiger partial charge is 0.504 e. The van der Waals surface area contributed by atoms with E-state index in [1.54, 1.807) is 20.3 Å². The Kier molecular flexibility index (Phi) is 5.00. The summed E-state index contributed by atoms with van der Waals surface area (Å²) in [5.41, 5.74) is 4.49. The van der Waals surface area contributed by atoms with E-state index in [0.29, 0.717) is 47.1 Å². The summed E-state index contributed by atoms with van der Waals surface area (Å²) in [6.45, 7) is 1.82. The van der Waals surface area contributed by atoms with Crippen LogP contribution < -0.4 is 14.8 Å². The molecule has 2 aliphatic rings. The van der Waals surface area contributed by atoms with Crippen molar-refractivity contribution in [2.24, 2.45) is 0 Å². The molecule has 0 saturated heterocycles. The Bertz CT molecular complexity index is 1290. The number of aryl methyl sites for hydroxylation is 1. The molecule has 2 aromatic carbocycles. The lowest BCUT2D eigenvalue weighted by Gasteiger charge is -2.34. The number of Topliss-reactive ketones (excluding diaryl/α,β-unsaturated/α-hetero) is 1. The van der Waals surface area contributed by atoms with E-state index < -0.39 is 5.92 Å². The molecule has 1 aliphatic heterocycles. The van der Waals surface area contributed by atoms with Crippen LogP contribution in [0.25, 0.3) is 0 Å². The molecule has 170 valence electrons. The molecule has 2 heterocycles. The van der Waals surface area contributed by atoms with Gasteiger partial charge < -0.3 is 29.5 Å². The number of aromatic nitrogens is 1. The summed E-state index contributed by atoms with van der Waals surface area (Å²) in [6.07, 6.45) is 0.923. The van der Waals surface area contributed by atoms with Crippen molar-refractivity contribution in [3.63, 3.8) is 0 Å². The number of rotatable bonds is 4. The average Bonchev–Trinajstić information content (AvgIpc) is 3.19. The molecule has 33 heavy (non-hydrogen) atoms. The minimum Gasteiger partial charge on any atom is -0.504 e. The molecule has 0 spiro atoms. The number of fused-ring (bicyclic) bond motifs is 1. The maximum absolute atomic E-state index is 13.6. The van der Waals surface area contributed by atoms with Gasteiger partial charge in [0.15, 0.2) is 28.8 Å². The summed E-state index contributed by atoms with van der Waals surface area (Å²) in [7, 11) is 3.17. The molecule has 0 amide bonds. The number of ketones is 1. The Labute approximate surface area is 190 Å². The number of nitrogens with zero attached hydrogens (tertiary/aromatic N) is 1. The number of carbonyl (C=O) groups excluding carboxylic acids is 1. The lowest BCUT2D eigenvalue weighted by atomic mass is 9.72. The maximum Gasteiger partial charge on any atom is 0.233 e. The lowest BCUT2D eigenvalue weighted by molar-refractivity contribution is -0.116. The zero-order valence-corrected chi connectivity index (χ0v) is 18.5. The van der Waals surface area contributed by atoms with E-state index in [-0.39, 0.29) is 23.2 Å². The highest BCUT2D eigenvalue weighted by molar-refractivity contribution is 6.01. The fourth-order valence-corrected chi connectivity index (χ4v) is 4.87. The van der Waals surface area contributed by atoms with Crippen molar-refractivity contribution < 1.29 is 29.0 Å². The first-order valence-corrected chi connectivity index (χ1v) is 10.6. The van der Waals surface area contributed by atoms with Gasteiger partial charge in [-0.15, -0.1) is 0 Å². The fraction of sp³-hybridized carbons (Fsp3) is 0.280.